The SMILES string of the molecule is Cc1nc(COB(c2ccc(C)c(Cl)c2)c2ccc(C)c(Cl)c2)c[nH]1. The van der Waals surface area contributed by atoms with Crippen molar-refractivity contribution in [2.75, 3.05) is 0 Å². The lowest BCUT2D eigenvalue weighted by Crippen LogP contribution is -2.45. The molecule has 3 nitrogen and oxygen atoms in total. The lowest BCUT2D eigenvalue weighted by molar-refractivity contribution is 0.317. The van der Waals surface area contributed by atoms with Gasteiger partial charge in [-0.3, -0.25) is 0 Å². The lowest BCUT2D eigenvalue weighted by atomic mass is 9.55. The zero-order chi connectivity index (χ0) is 18.0. The summed E-state index contributed by atoms with van der Waals surface area (Å²) >= 11 is 12.6. The van der Waals surface area contributed by atoms with E-state index in [-0.39, 0.29) is 6.92 Å². The Balaban J connectivity index is 1.94. The first-order valence-corrected chi connectivity index (χ1v) is 8.84. The predicted octanol–water partition coefficient (Wildman–Crippen LogP) is 3.96. The molecule has 0 unspecified atom stereocenters. The molecule has 25 heavy (non-hydrogen) atoms. The van der Waals surface area contributed by atoms with E-state index in [1.807, 2.05) is 63.4 Å². The minimum Gasteiger partial charge on any atom is -0.421 e. The summed E-state index contributed by atoms with van der Waals surface area (Å²) in [5, 5.41) is 1.44. The van der Waals surface area contributed by atoms with Crippen LogP contribution in [0.15, 0.2) is 42.6 Å². The number of aromatic amines is 1. The maximum atomic E-state index is 6.32. The summed E-state index contributed by atoms with van der Waals surface area (Å²) in [7, 11) is 0. The molecule has 0 fully saturated rings. The van der Waals surface area contributed by atoms with Gasteiger partial charge in [0.05, 0.1) is 12.3 Å². The number of hydrogen-bond acceptors (Lipinski definition) is 2. The van der Waals surface area contributed by atoms with Gasteiger partial charge in [-0.05, 0) is 55.0 Å². The summed E-state index contributed by atoms with van der Waals surface area (Å²) in [6, 6.07) is 12.0. The van der Waals surface area contributed by atoms with Crippen LogP contribution in [0.2, 0.25) is 10.0 Å². The Morgan fingerprint density at radius 3 is 1.96 bits per heavy atom. The Kier molecular flexibility index (Phi) is 5.53. The van der Waals surface area contributed by atoms with Crippen molar-refractivity contribution in [2.45, 2.75) is 27.4 Å². The topological polar surface area (TPSA) is 37.9 Å². The first-order valence-electron chi connectivity index (χ1n) is 8.08. The summed E-state index contributed by atoms with van der Waals surface area (Å²) in [5.41, 5.74) is 4.91. The summed E-state index contributed by atoms with van der Waals surface area (Å²) < 4.78 is 6.20. The Labute approximate surface area is 158 Å². The molecule has 0 radical (unpaired) electrons. The minimum absolute atomic E-state index is 0.270. The highest BCUT2D eigenvalue weighted by Gasteiger charge is 2.23. The van der Waals surface area contributed by atoms with Gasteiger partial charge in [0.1, 0.15) is 5.82 Å². The molecule has 6 heteroatoms. The van der Waals surface area contributed by atoms with Crippen LogP contribution in [0, 0.1) is 20.8 Å². The minimum atomic E-state index is -0.270. The molecule has 1 N–H and O–H groups in total. The highest BCUT2D eigenvalue weighted by molar-refractivity contribution is 6.80. The second-order valence-electron chi connectivity index (χ2n) is 6.19. The fraction of sp³-hybridized carbons (Fsp3) is 0.211. The summed E-state index contributed by atoms with van der Waals surface area (Å²) in [5.74, 6) is 0.868. The van der Waals surface area contributed by atoms with Crippen LogP contribution in [0.5, 0.6) is 0 Å². The van der Waals surface area contributed by atoms with Gasteiger partial charge in [-0.15, -0.1) is 0 Å². The van der Waals surface area contributed by atoms with E-state index in [0.29, 0.717) is 6.61 Å². The number of nitrogens with zero attached hydrogens (tertiary/aromatic N) is 1. The average molecular weight is 373 g/mol. The Morgan fingerprint density at radius 1 is 0.960 bits per heavy atom. The van der Waals surface area contributed by atoms with Crippen LogP contribution < -0.4 is 10.9 Å². The van der Waals surface area contributed by atoms with E-state index < -0.39 is 0 Å². The van der Waals surface area contributed by atoms with E-state index in [1.165, 1.54) is 0 Å². The molecule has 1 aromatic heterocycles. The van der Waals surface area contributed by atoms with Crippen molar-refractivity contribution in [3.05, 3.63) is 75.3 Å². The molecule has 128 valence electrons. The smallest absolute Gasteiger partial charge is 0.362 e. The van der Waals surface area contributed by atoms with E-state index >= 15 is 0 Å². The van der Waals surface area contributed by atoms with Gasteiger partial charge in [0.15, 0.2) is 0 Å². The number of H-pyrrole nitrogens is 1. The van der Waals surface area contributed by atoms with E-state index in [4.69, 9.17) is 27.9 Å². The van der Waals surface area contributed by atoms with Crippen molar-refractivity contribution in [1.29, 1.82) is 0 Å². The van der Waals surface area contributed by atoms with E-state index in [0.717, 1.165) is 43.6 Å². The van der Waals surface area contributed by atoms with Crippen molar-refractivity contribution in [2.24, 2.45) is 0 Å². The molecular weight excluding hydrogens is 354 g/mol. The van der Waals surface area contributed by atoms with Crippen molar-refractivity contribution >= 4 is 41.0 Å². The monoisotopic (exact) mass is 372 g/mol. The second-order valence-corrected chi connectivity index (χ2v) is 7.00. The quantitative estimate of drug-likeness (QED) is 0.688. The maximum absolute atomic E-state index is 6.32. The first kappa shape index (κ1) is 18.1. The van der Waals surface area contributed by atoms with Gasteiger partial charge >= 0.3 is 6.92 Å². The van der Waals surface area contributed by atoms with Crippen molar-refractivity contribution in [3.63, 3.8) is 0 Å². The molecule has 0 atom stereocenters. The number of aryl methyl sites for hydroxylation is 3. The van der Waals surface area contributed by atoms with Crippen molar-refractivity contribution in [1.82, 2.24) is 9.97 Å². The molecule has 0 aliphatic carbocycles. The van der Waals surface area contributed by atoms with Gasteiger partial charge in [-0.1, -0.05) is 47.5 Å². The number of rotatable bonds is 5. The molecule has 0 aliphatic rings. The fourth-order valence-corrected chi connectivity index (χ4v) is 3.02. The third kappa shape index (κ3) is 4.27. The Hall–Kier alpha value is -1.75. The van der Waals surface area contributed by atoms with E-state index in [1.54, 1.807) is 0 Å². The molecule has 0 saturated carbocycles. The summed E-state index contributed by atoms with van der Waals surface area (Å²) in [6.45, 7) is 6.01. The molecule has 0 saturated heterocycles. The molecule has 2 aromatic carbocycles. The maximum Gasteiger partial charge on any atom is 0.362 e. The highest BCUT2D eigenvalue weighted by Crippen LogP contribution is 2.15. The standard InChI is InChI=1S/C19H19BCl2N2O/c1-12-4-6-15(8-18(12)21)20(16-7-5-13(2)19(22)9-16)25-11-17-10-23-14(3)24-17/h4-10H,11H2,1-3H3,(H,23,24). The fourth-order valence-electron chi connectivity index (χ4n) is 2.64. The van der Waals surface area contributed by atoms with Gasteiger partial charge in [-0.2, -0.15) is 0 Å². The van der Waals surface area contributed by atoms with Gasteiger partial charge in [-0.25, -0.2) is 4.98 Å². The third-order valence-corrected chi connectivity index (χ3v) is 4.97. The summed E-state index contributed by atoms with van der Waals surface area (Å²) in [4.78, 5) is 7.47. The zero-order valence-corrected chi connectivity index (χ0v) is 15.9. The van der Waals surface area contributed by atoms with Gasteiger partial charge in [0.2, 0.25) is 0 Å². The number of aromatic nitrogens is 2. The van der Waals surface area contributed by atoms with Crippen LogP contribution in [0.4, 0.5) is 0 Å². The largest absolute Gasteiger partial charge is 0.421 e. The molecule has 1 heterocycles. The number of nitrogens with one attached hydrogen (secondary N) is 1. The average Bonchev–Trinajstić information content (AvgIpc) is 2.99. The van der Waals surface area contributed by atoms with E-state index in [9.17, 15) is 0 Å². The number of hydrogen-bond donors (Lipinski definition) is 1. The molecule has 3 rings (SSSR count). The third-order valence-electron chi connectivity index (χ3n) is 4.15. The Bertz CT molecular complexity index is 843. The number of imidazole rings is 1. The van der Waals surface area contributed by atoms with Crippen LogP contribution >= 0.6 is 23.2 Å². The molecule has 0 aliphatic heterocycles. The van der Waals surface area contributed by atoms with Crippen LogP contribution in [0.25, 0.3) is 0 Å². The number of benzene rings is 2. The Morgan fingerprint density at radius 2 is 1.52 bits per heavy atom. The lowest BCUT2D eigenvalue weighted by Gasteiger charge is -2.16. The normalized spacial score (nSPS) is 10.9. The van der Waals surface area contributed by atoms with E-state index in [2.05, 4.69) is 9.97 Å². The van der Waals surface area contributed by atoms with Crippen LogP contribution in [-0.2, 0) is 11.3 Å². The highest BCUT2D eigenvalue weighted by atomic mass is 35.5. The second kappa shape index (κ2) is 7.65. The van der Waals surface area contributed by atoms with Gasteiger partial charge in [0, 0.05) is 16.2 Å². The van der Waals surface area contributed by atoms with Crippen LogP contribution in [0.1, 0.15) is 22.6 Å². The summed E-state index contributed by atoms with van der Waals surface area (Å²) in [6.07, 6.45) is 1.86. The van der Waals surface area contributed by atoms with Gasteiger partial charge in [0.25, 0.3) is 0 Å². The van der Waals surface area contributed by atoms with Crippen LogP contribution in [-0.4, -0.2) is 16.9 Å². The number of halogens is 2. The van der Waals surface area contributed by atoms with Crippen molar-refractivity contribution in [3.8, 4) is 0 Å². The zero-order valence-electron chi connectivity index (χ0n) is 14.4. The van der Waals surface area contributed by atoms with Crippen LogP contribution in [0.3, 0.4) is 0 Å². The molecule has 0 amide bonds. The van der Waals surface area contributed by atoms with Gasteiger partial charge < -0.3 is 9.64 Å². The molecular formula is C19H19BCl2N2O. The molecule has 0 spiro atoms. The van der Waals surface area contributed by atoms with Crippen molar-refractivity contribution < 1.29 is 4.65 Å². The molecule has 0 bridgehead atoms. The molecule has 3 aromatic rings. The predicted molar refractivity (Wildman–Crippen MR) is 106 cm³/mol. The first-order chi connectivity index (χ1) is 11.9.